The van der Waals surface area contributed by atoms with Crippen LogP contribution in [0, 0.1) is 27.4 Å². The smallest absolute Gasteiger partial charge is 0.269 e. The number of hydrogen-bond donors (Lipinski definition) is 0. The van der Waals surface area contributed by atoms with Crippen molar-refractivity contribution < 1.29 is 14.4 Å². The zero-order chi connectivity index (χ0) is 14.4. The zero-order valence-electron chi connectivity index (χ0n) is 11.6. The Morgan fingerprint density at radius 3 is 2.38 bits per heavy atom. The highest BCUT2D eigenvalue weighted by Gasteiger charge is 2.51. The Morgan fingerprint density at radius 2 is 1.86 bits per heavy atom. The molecule has 4 rings (SSSR count). The van der Waals surface area contributed by atoms with Crippen LogP contribution in [0.4, 0.5) is 5.69 Å². The lowest BCUT2D eigenvalue weighted by Gasteiger charge is -2.41. The Balaban J connectivity index is 1.45. The fourth-order valence-electron chi connectivity index (χ4n) is 3.90. The molecule has 5 nitrogen and oxygen atoms in total. The van der Waals surface area contributed by atoms with E-state index in [2.05, 4.69) is 12.2 Å². The maximum atomic E-state index is 10.7. The molecule has 2 aliphatic carbocycles. The highest BCUT2D eigenvalue weighted by atomic mass is 16.7. The van der Waals surface area contributed by atoms with Gasteiger partial charge < -0.3 is 9.47 Å². The van der Waals surface area contributed by atoms with Gasteiger partial charge in [-0.05, 0) is 36.8 Å². The minimum atomic E-state index is -0.403. The molecule has 1 saturated heterocycles. The van der Waals surface area contributed by atoms with Gasteiger partial charge in [0.25, 0.3) is 5.69 Å². The number of nitro benzene ring substituents is 1. The van der Waals surface area contributed by atoms with E-state index in [0.29, 0.717) is 25.0 Å². The van der Waals surface area contributed by atoms with Crippen LogP contribution < -0.4 is 0 Å². The third-order valence-electron chi connectivity index (χ3n) is 5.05. The summed E-state index contributed by atoms with van der Waals surface area (Å²) >= 11 is 0. The summed E-state index contributed by atoms with van der Waals surface area (Å²) in [5.74, 6) is 1.28. The predicted octanol–water partition coefficient (Wildman–Crippen LogP) is 3.22. The maximum absolute atomic E-state index is 10.7. The van der Waals surface area contributed by atoms with E-state index < -0.39 is 11.2 Å². The number of allylic oxidation sites excluding steroid dienone is 2. The third-order valence-corrected chi connectivity index (χ3v) is 5.05. The van der Waals surface area contributed by atoms with Crippen molar-refractivity contribution in [2.24, 2.45) is 17.3 Å². The van der Waals surface area contributed by atoms with Crippen molar-refractivity contribution in [3.05, 3.63) is 52.1 Å². The molecule has 1 aromatic carbocycles. The van der Waals surface area contributed by atoms with Gasteiger partial charge in [0.15, 0.2) is 6.29 Å². The van der Waals surface area contributed by atoms with Crippen LogP contribution >= 0.6 is 0 Å². The summed E-state index contributed by atoms with van der Waals surface area (Å²) in [5, 5.41) is 10.7. The number of hydrogen-bond acceptors (Lipinski definition) is 4. The molecule has 0 N–H and O–H groups in total. The molecule has 2 fully saturated rings. The molecule has 110 valence electrons. The summed E-state index contributed by atoms with van der Waals surface area (Å²) < 4.78 is 11.9. The Morgan fingerprint density at radius 1 is 1.14 bits per heavy atom. The summed E-state index contributed by atoms with van der Waals surface area (Å²) in [6, 6.07) is 6.41. The van der Waals surface area contributed by atoms with Crippen LogP contribution in [-0.2, 0) is 9.47 Å². The third kappa shape index (κ3) is 2.08. The molecule has 1 aromatic rings. The lowest BCUT2D eigenvalue weighted by molar-refractivity contribution is -0.384. The molecule has 1 saturated carbocycles. The van der Waals surface area contributed by atoms with E-state index >= 15 is 0 Å². The predicted molar refractivity (Wildman–Crippen MR) is 75.5 cm³/mol. The van der Waals surface area contributed by atoms with E-state index in [0.717, 1.165) is 12.0 Å². The number of rotatable bonds is 2. The molecular weight excluding hydrogens is 270 g/mol. The van der Waals surface area contributed by atoms with Crippen LogP contribution in [-0.4, -0.2) is 18.1 Å². The Hall–Kier alpha value is -1.72. The van der Waals surface area contributed by atoms with Crippen LogP contribution in [0.2, 0.25) is 0 Å². The number of nitrogens with zero attached hydrogens (tertiary/aromatic N) is 1. The van der Waals surface area contributed by atoms with E-state index in [1.54, 1.807) is 12.1 Å². The second kappa shape index (κ2) is 4.64. The number of ether oxygens (including phenoxy) is 2. The summed E-state index contributed by atoms with van der Waals surface area (Å²) in [7, 11) is 0. The van der Waals surface area contributed by atoms with E-state index in [4.69, 9.17) is 9.47 Å². The van der Waals surface area contributed by atoms with Gasteiger partial charge in [0.2, 0.25) is 0 Å². The first-order valence-corrected chi connectivity index (χ1v) is 7.32. The molecule has 0 radical (unpaired) electrons. The van der Waals surface area contributed by atoms with Gasteiger partial charge in [-0.1, -0.05) is 12.2 Å². The normalized spacial score (nSPS) is 37.2. The summed E-state index contributed by atoms with van der Waals surface area (Å²) in [4.78, 5) is 10.3. The fraction of sp³-hybridized carbons (Fsp3) is 0.500. The number of benzene rings is 1. The van der Waals surface area contributed by atoms with Gasteiger partial charge in [-0.3, -0.25) is 10.1 Å². The van der Waals surface area contributed by atoms with Crippen LogP contribution in [0.1, 0.15) is 24.7 Å². The lowest BCUT2D eigenvalue weighted by atomic mass is 9.76. The minimum Gasteiger partial charge on any atom is -0.348 e. The number of fused-ring (bicyclic) bond motifs is 3. The fourth-order valence-corrected chi connectivity index (χ4v) is 3.90. The largest absolute Gasteiger partial charge is 0.348 e. The van der Waals surface area contributed by atoms with Crippen LogP contribution in [0.5, 0.6) is 0 Å². The Bertz CT molecular complexity index is 587. The van der Waals surface area contributed by atoms with Crippen LogP contribution in [0.15, 0.2) is 36.4 Å². The van der Waals surface area contributed by atoms with E-state index in [1.165, 1.54) is 18.6 Å². The van der Waals surface area contributed by atoms with Crippen LogP contribution in [0.25, 0.3) is 0 Å². The van der Waals surface area contributed by atoms with Crippen molar-refractivity contribution in [2.45, 2.75) is 19.1 Å². The molecule has 0 aromatic heterocycles. The van der Waals surface area contributed by atoms with Gasteiger partial charge in [0, 0.05) is 23.1 Å². The van der Waals surface area contributed by atoms with Crippen molar-refractivity contribution in [2.75, 3.05) is 13.2 Å². The van der Waals surface area contributed by atoms with Gasteiger partial charge >= 0.3 is 0 Å². The molecule has 1 heterocycles. The molecule has 1 spiro atoms. The Labute approximate surface area is 122 Å². The molecule has 2 unspecified atom stereocenters. The first kappa shape index (κ1) is 13.0. The molecule has 21 heavy (non-hydrogen) atoms. The molecule has 2 bridgehead atoms. The highest BCUT2D eigenvalue weighted by Crippen LogP contribution is 2.54. The first-order valence-electron chi connectivity index (χ1n) is 7.32. The van der Waals surface area contributed by atoms with Crippen molar-refractivity contribution >= 4 is 5.69 Å². The van der Waals surface area contributed by atoms with Crippen LogP contribution in [0.3, 0.4) is 0 Å². The molecule has 0 amide bonds. The molecule has 5 heteroatoms. The number of non-ortho nitro benzene ring substituents is 1. The second-order valence-electron chi connectivity index (χ2n) is 6.36. The molecular formula is C16H17NO4. The summed E-state index contributed by atoms with van der Waals surface area (Å²) in [6.07, 6.45) is 6.61. The van der Waals surface area contributed by atoms with Crippen molar-refractivity contribution in [3.63, 3.8) is 0 Å². The standard InChI is InChI=1S/C16H17NO4/c18-17(19)14-5-2-12(3-6-14)15-20-9-16(10-21-15)8-11-1-4-13(16)7-11/h1-6,11,13,15H,7-10H2. The highest BCUT2D eigenvalue weighted by molar-refractivity contribution is 5.33. The first-order chi connectivity index (χ1) is 10.2. The zero-order valence-corrected chi connectivity index (χ0v) is 11.6. The summed E-state index contributed by atoms with van der Waals surface area (Å²) in [6.45, 7) is 1.42. The minimum absolute atomic E-state index is 0.0873. The topological polar surface area (TPSA) is 61.6 Å². The van der Waals surface area contributed by atoms with Crippen molar-refractivity contribution in [3.8, 4) is 0 Å². The maximum Gasteiger partial charge on any atom is 0.269 e. The lowest BCUT2D eigenvalue weighted by Crippen LogP contribution is -2.41. The van der Waals surface area contributed by atoms with Gasteiger partial charge in [-0.15, -0.1) is 0 Å². The Kier molecular flexibility index (Phi) is 2.87. The second-order valence-corrected chi connectivity index (χ2v) is 6.36. The quantitative estimate of drug-likeness (QED) is 0.476. The molecule has 2 atom stereocenters. The van der Waals surface area contributed by atoms with E-state index in [1.807, 2.05) is 0 Å². The van der Waals surface area contributed by atoms with Crippen molar-refractivity contribution in [1.82, 2.24) is 0 Å². The van der Waals surface area contributed by atoms with Gasteiger partial charge in [-0.25, -0.2) is 0 Å². The SMILES string of the molecule is O=[N+]([O-])c1ccc(C2OCC3(CO2)CC2C=CC3C2)cc1. The molecule has 3 aliphatic rings. The van der Waals surface area contributed by atoms with Gasteiger partial charge in [-0.2, -0.15) is 0 Å². The van der Waals surface area contributed by atoms with Crippen molar-refractivity contribution in [1.29, 1.82) is 0 Å². The van der Waals surface area contributed by atoms with Gasteiger partial charge in [0.1, 0.15) is 0 Å². The van der Waals surface area contributed by atoms with Gasteiger partial charge in [0.05, 0.1) is 18.1 Å². The average Bonchev–Trinajstić information content (AvgIpc) is 3.09. The monoisotopic (exact) mass is 287 g/mol. The summed E-state index contributed by atoms with van der Waals surface area (Å²) in [5.41, 5.74) is 1.08. The number of nitro groups is 1. The van der Waals surface area contributed by atoms with E-state index in [-0.39, 0.29) is 11.1 Å². The molecule has 1 aliphatic heterocycles. The average molecular weight is 287 g/mol. The van der Waals surface area contributed by atoms with E-state index in [9.17, 15) is 10.1 Å².